The molecule has 1 aromatic rings. The van der Waals surface area contributed by atoms with Crippen LogP contribution in [0.1, 0.15) is 32.8 Å². The minimum Gasteiger partial charge on any atom is -0.506 e. The molecule has 1 atom stereocenters. The lowest BCUT2D eigenvalue weighted by molar-refractivity contribution is -0.138. The number of phenols is 1. The number of fused-ring (bicyclic) bond motifs is 1. The van der Waals surface area contributed by atoms with Crippen LogP contribution in [0.2, 0.25) is 0 Å². The average Bonchev–Trinajstić information content (AvgIpc) is 2.66. The predicted molar refractivity (Wildman–Crippen MR) is 95.6 cm³/mol. The molecule has 0 aliphatic carbocycles. The number of hydrogen-bond donors (Lipinski definition) is 3. The Balaban J connectivity index is 2.15. The Hall–Kier alpha value is -2.09. The first-order valence-electron chi connectivity index (χ1n) is 7.87. The van der Waals surface area contributed by atoms with E-state index in [-0.39, 0.29) is 37.1 Å². The number of hydrogen-bond acceptors (Lipinski definition) is 4. The average molecular weight is 413 g/mol. The third-order valence-electron chi connectivity index (χ3n) is 4.25. The molecule has 0 saturated carbocycles. The number of carbonyl (C=O) groups excluding carboxylic acids is 2. The number of aliphatic carboxylic acids is 1. The van der Waals surface area contributed by atoms with E-state index in [9.17, 15) is 19.5 Å². The zero-order valence-corrected chi connectivity index (χ0v) is 15.9. The molecule has 1 heterocycles. The molecule has 0 aromatic heterocycles. The van der Waals surface area contributed by atoms with E-state index >= 15 is 0 Å². The van der Waals surface area contributed by atoms with E-state index in [4.69, 9.17) is 5.11 Å². The summed E-state index contributed by atoms with van der Waals surface area (Å²) in [6.45, 7) is 5.18. The van der Waals surface area contributed by atoms with Crippen molar-refractivity contribution in [1.82, 2.24) is 5.32 Å². The molecule has 0 unspecified atom stereocenters. The molecule has 2 amide bonds. The van der Waals surface area contributed by atoms with Gasteiger partial charge in [-0.15, -0.1) is 0 Å². The number of rotatable bonds is 6. The summed E-state index contributed by atoms with van der Waals surface area (Å²) in [6, 6.07) is 3.24. The molecule has 25 heavy (non-hydrogen) atoms. The maximum absolute atomic E-state index is 12.7. The summed E-state index contributed by atoms with van der Waals surface area (Å²) in [7, 11) is 0. The van der Waals surface area contributed by atoms with Gasteiger partial charge >= 0.3 is 5.97 Å². The second-order valence-corrected chi connectivity index (χ2v) is 7.76. The van der Waals surface area contributed by atoms with Gasteiger partial charge in [-0.05, 0) is 37.5 Å². The van der Waals surface area contributed by atoms with Gasteiger partial charge in [0.25, 0.3) is 0 Å². The highest BCUT2D eigenvalue weighted by atomic mass is 79.9. The number of carbonyl (C=O) groups is 3. The number of phenolic OH excluding ortho intramolecular Hbond substituents is 1. The van der Waals surface area contributed by atoms with Crippen LogP contribution in [0.25, 0.3) is 0 Å². The third kappa shape index (κ3) is 3.95. The number of anilines is 1. The Kier molecular flexibility index (Phi) is 5.41. The first-order valence-corrected chi connectivity index (χ1v) is 8.66. The molecular weight excluding hydrogens is 392 g/mol. The maximum Gasteiger partial charge on any atom is 0.303 e. The number of halogens is 1. The van der Waals surface area contributed by atoms with Crippen LogP contribution in [-0.4, -0.2) is 41.1 Å². The molecule has 7 nitrogen and oxygen atoms in total. The molecule has 3 N–H and O–H groups in total. The summed E-state index contributed by atoms with van der Waals surface area (Å²) in [5.74, 6) is -1.90. The predicted octanol–water partition coefficient (Wildman–Crippen LogP) is 2.01. The van der Waals surface area contributed by atoms with Crippen LogP contribution in [0.4, 0.5) is 5.69 Å². The molecule has 1 aromatic carbocycles. The van der Waals surface area contributed by atoms with Crippen LogP contribution in [0, 0.1) is 5.92 Å². The van der Waals surface area contributed by atoms with E-state index in [0.717, 1.165) is 0 Å². The van der Waals surface area contributed by atoms with Crippen LogP contribution >= 0.6 is 15.9 Å². The van der Waals surface area contributed by atoms with Gasteiger partial charge in [0.2, 0.25) is 11.8 Å². The van der Waals surface area contributed by atoms with Crippen molar-refractivity contribution in [3.63, 3.8) is 0 Å². The highest BCUT2D eigenvalue weighted by Gasteiger charge is 2.46. The van der Waals surface area contributed by atoms with Crippen LogP contribution in [-0.2, 0) is 19.8 Å². The molecule has 136 valence electrons. The Labute approximate surface area is 154 Å². The van der Waals surface area contributed by atoms with E-state index in [1.54, 1.807) is 26.8 Å². The molecule has 1 aliphatic rings. The molecule has 0 fully saturated rings. The monoisotopic (exact) mass is 412 g/mol. The van der Waals surface area contributed by atoms with Gasteiger partial charge in [0.1, 0.15) is 12.3 Å². The fourth-order valence-corrected chi connectivity index (χ4v) is 3.35. The second kappa shape index (κ2) is 7.03. The summed E-state index contributed by atoms with van der Waals surface area (Å²) in [4.78, 5) is 36.8. The van der Waals surface area contributed by atoms with Crippen molar-refractivity contribution in [3.05, 3.63) is 22.2 Å². The molecule has 2 rings (SSSR count). The molecule has 1 aliphatic heterocycles. The van der Waals surface area contributed by atoms with Crippen LogP contribution in [0.3, 0.4) is 0 Å². The smallest absolute Gasteiger partial charge is 0.303 e. The van der Waals surface area contributed by atoms with E-state index in [0.29, 0.717) is 15.7 Å². The van der Waals surface area contributed by atoms with Gasteiger partial charge in [0, 0.05) is 17.4 Å². The van der Waals surface area contributed by atoms with Crippen molar-refractivity contribution in [3.8, 4) is 5.75 Å². The van der Waals surface area contributed by atoms with Crippen molar-refractivity contribution in [1.29, 1.82) is 0 Å². The van der Waals surface area contributed by atoms with Crippen molar-refractivity contribution in [2.24, 2.45) is 5.92 Å². The first kappa shape index (κ1) is 19.2. The number of nitrogens with one attached hydrogen (secondary N) is 1. The highest BCUT2D eigenvalue weighted by molar-refractivity contribution is 9.10. The molecular formula is C17H21BrN2O5. The minimum absolute atomic E-state index is 0.0480. The quantitative estimate of drug-likeness (QED) is 0.662. The van der Waals surface area contributed by atoms with E-state index in [1.807, 2.05) is 0 Å². The minimum atomic E-state index is -0.928. The van der Waals surface area contributed by atoms with Crippen molar-refractivity contribution >= 4 is 39.4 Å². The summed E-state index contributed by atoms with van der Waals surface area (Å²) in [6.07, 6.45) is -0.0480. The van der Waals surface area contributed by atoms with E-state index in [1.165, 1.54) is 11.0 Å². The molecule has 0 radical (unpaired) electrons. The van der Waals surface area contributed by atoms with Gasteiger partial charge in [-0.1, -0.05) is 22.9 Å². The zero-order chi connectivity index (χ0) is 18.9. The summed E-state index contributed by atoms with van der Waals surface area (Å²) in [5, 5.41) is 21.6. The maximum atomic E-state index is 12.7. The van der Waals surface area contributed by atoms with Gasteiger partial charge in [-0.2, -0.15) is 0 Å². The number of nitrogens with zero attached hydrogens (tertiary/aromatic N) is 1. The Morgan fingerprint density at radius 1 is 1.36 bits per heavy atom. The lowest BCUT2D eigenvalue weighted by Gasteiger charge is -2.20. The number of carboxylic acid groups (broad SMARTS) is 1. The summed E-state index contributed by atoms with van der Waals surface area (Å²) >= 11 is 3.30. The van der Waals surface area contributed by atoms with E-state index < -0.39 is 17.3 Å². The van der Waals surface area contributed by atoms with Crippen LogP contribution in [0.15, 0.2) is 16.6 Å². The Morgan fingerprint density at radius 3 is 2.60 bits per heavy atom. The molecule has 8 heteroatoms. The van der Waals surface area contributed by atoms with Crippen molar-refractivity contribution < 1.29 is 24.6 Å². The van der Waals surface area contributed by atoms with Crippen LogP contribution < -0.4 is 10.2 Å². The zero-order valence-electron chi connectivity index (χ0n) is 14.3. The largest absolute Gasteiger partial charge is 0.506 e. The normalized spacial score (nSPS) is 16.5. The van der Waals surface area contributed by atoms with Gasteiger partial charge in [-0.3, -0.25) is 19.3 Å². The molecule has 0 saturated heterocycles. The molecule has 0 bridgehead atoms. The number of aromatic hydroxyl groups is 1. The summed E-state index contributed by atoms with van der Waals surface area (Å²) in [5.41, 5.74) is 0.136. The Morgan fingerprint density at radius 2 is 2.00 bits per heavy atom. The van der Waals surface area contributed by atoms with Crippen molar-refractivity contribution in [2.75, 3.05) is 18.0 Å². The SMILES string of the molecule is C[C@H](CNC(=O)CN1C(=O)C(C)(C)c2cc(Br)cc(O)c21)CC(=O)O. The van der Waals surface area contributed by atoms with Gasteiger partial charge in [-0.25, -0.2) is 0 Å². The van der Waals surface area contributed by atoms with Gasteiger partial charge < -0.3 is 15.5 Å². The molecule has 0 spiro atoms. The lowest BCUT2D eigenvalue weighted by atomic mass is 9.86. The van der Waals surface area contributed by atoms with Crippen molar-refractivity contribution in [2.45, 2.75) is 32.6 Å². The van der Waals surface area contributed by atoms with Crippen LogP contribution in [0.5, 0.6) is 5.75 Å². The summed E-state index contributed by atoms with van der Waals surface area (Å²) < 4.78 is 0.651. The van der Waals surface area contributed by atoms with E-state index in [2.05, 4.69) is 21.2 Å². The first-order chi connectivity index (χ1) is 11.5. The second-order valence-electron chi connectivity index (χ2n) is 6.84. The fraction of sp³-hybridized carbons (Fsp3) is 0.471. The standard InChI is InChI=1S/C17H21BrN2O5/c1-9(4-14(23)24)7-19-13(22)8-20-15-11(17(2,3)16(20)25)5-10(18)6-12(15)21/h5-6,9,21H,4,7-8H2,1-3H3,(H,19,22)(H,23,24)/t9-/m0/s1. The topological polar surface area (TPSA) is 107 Å². The number of benzene rings is 1. The number of amides is 2. The Bertz CT molecular complexity index is 732. The number of carboxylic acids is 1. The van der Waals surface area contributed by atoms with Gasteiger partial charge in [0.05, 0.1) is 11.1 Å². The fourth-order valence-electron chi connectivity index (χ4n) is 2.91. The van der Waals surface area contributed by atoms with Gasteiger partial charge in [0.15, 0.2) is 0 Å². The third-order valence-corrected chi connectivity index (χ3v) is 4.71. The highest BCUT2D eigenvalue weighted by Crippen LogP contribution is 2.47. The lowest BCUT2D eigenvalue weighted by Crippen LogP contribution is -2.43.